The van der Waals surface area contributed by atoms with Gasteiger partial charge in [0.25, 0.3) is 0 Å². The van der Waals surface area contributed by atoms with Crippen LogP contribution in [-0.2, 0) is 13.0 Å². The van der Waals surface area contributed by atoms with E-state index in [0.717, 1.165) is 28.8 Å². The molecule has 1 unspecified atom stereocenters. The Morgan fingerprint density at radius 2 is 2.21 bits per heavy atom. The number of aromatic nitrogens is 3. The minimum absolute atomic E-state index is 0.231. The smallest absolute Gasteiger partial charge is 0.0597 e. The van der Waals surface area contributed by atoms with E-state index in [1.54, 1.807) is 0 Å². The standard InChI is InChI=1S/C14H19BrN4/c1-4-19-14(7-10(2)18-19)13(16-3)8-12-6-5-11(15)9-17-12/h5-7,9,13,16H,4,8H2,1-3H3. The van der Waals surface area contributed by atoms with Crippen LogP contribution in [0.1, 0.15) is 30.0 Å². The Morgan fingerprint density at radius 1 is 1.42 bits per heavy atom. The quantitative estimate of drug-likeness (QED) is 0.920. The van der Waals surface area contributed by atoms with Crippen LogP contribution < -0.4 is 5.32 Å². The molecule has 0 saturated heterocycles. The predicted octanol–water partition coefficient (Wildman–Crippen LogP) is 2.87. The first-order valence-corrected chi connectivity index (χ1v) is 7.25. The molecule has 0 fully saturated rings. The van der Waals surface area contributed by atoms with Gasteiger partial charge in [0.1, 0.15) is 0 Å². The van der Waals surface area contributed by atoms with E-state index in [0.29, 0.717) is 0 Å². The Labute approximate surface area is 122 Å². The number of hydrogen-bond donors (Lipinski definition) is 1. The fraction of sp³-hybridized carbons (Fsp3) is 0.429. The van der Waals surface area contributed by atoms with Crippen LogP contribution in [0, 0.1) is 6.92 Å². The molecule has 1 atom stereocenters. The molecule has 0 radical (unpaired) electrons. The average molecular weight is 323 g/mol. The van der Waals surface area contributed by atoms with Gasteiger partial charge < -0.3 is 5.32 Å². The van der Waals surface area contributed by atoms with Gasteiger partial charge in [-0.15, -0.1) is 0 Å². The van der Waals surface area contributed by atoms with Crippen molar-refractivity contribution in [1.29, 1.82) is 0 Å². The lowest BCUT2D eigenvalue weighted by Crippen LogP contribution is -2.22. The first-order chi connectivity index (χ1) is 9.13. The van der Waals surface area contributed by atoms with Crippen LogP contribution >= 0.6 is 15.9 Å². The van der Waals surface area contributed by atoms with E-state index in [1.165, 1.54) is 5.69 Å². The summed E-state index contributed by atoms with van der Waals surface area (Å²) < 4.78 is 3.06. The van der Waals surface area contributed by atoms with Gasteiger partial charge in [0.15, 0.2) is 0 Å². The third kappa shape index (κ3) is 3.42. The molecule has 2 rings (SSSR count). The first-order valence-electron chi connectivity index (χ1n) is 6.46. The highest BCUT2D eigenvalue weighted by molar-refractivity contribution is 9.10. The van der Waals surface area contributed by atoms with E-state index in [1.807, 2.05) is 32.3 Å². The Hall–Kier alpha value is -1.20. The number of rotatable bonds is 5. The Bertz CT molecular complexity index is 533. The molecule has 0 bridgehead atoms. The van der Waals surface area contributed by atoms with Crippen LogP contribution in [0.15, 0.2) is 28.9 Å². The van der Waals surface area contributed by atoms with Crippen LogP contribution in [0.4, 0.5) is 0 Å². The van der Waals surface area contributed by atoms with Gasteiger partial charge in [0, 0.05) is 29.3 Å². The molecule has 4 nitrogen and oxygen atoms in total. The maximum Gasteiger partial charge on any atom is 0.0597 e. The first kappa shape index (κ1) is 14.2. The highest BCUT2D eigenvalue weighted by atomic mass is 79.9. The van der Waals surface area contributed by atoms with Crippen LogP contribution in [0.2, 0.25) is 0 Å². The summed E-state index contributed by atoms with van der Waals surface area (Å²) in [6, 6.07) is 6.45. The maximum atomic E-state index is 4.50. The Kier molecular flexibility index (Phi) is 4.71. The second kappa shape index (κ2) is 6.30. The van der Waals surface area contributed by atoms with E-state index in [2.05, 4.69) is 49.0 Å². The van der Waals surface area contributed by atoms with Gasteiger partial charge in [-0.2, -0.15) is 5.10 Å². The highest BCUT2D eigenvalue weighted by Crippen LogP contribution is 2.19. The van der Waals surface area contributed by atoms with Crippen molar-refractivity contribution >= 4 is 15.9 Å². The summed E-state index contributed by atoms with van der Waals surface area (Å²) >= 11 is 3.41. The number of nitrogens with one attached hydrogen (secondary N) is 1. The van der Waals surface area contributed by atoms with Crippen LogP contribution in [0.3, 0.4) is 0 Å². The van der Waals surface area contributed by atoms with Crippen molar-refractivity contribution in [3.8, 4) is 0 Å². The molecule has 2 aromatic rings. The third-order valence-corrected chi connectivity index (χ3v) is 3.61. The molecular weight excluding hydrogens is 304 g/mol. The number of halogens is 1. The normalized spacial score (nSPS) is 12.6. The van der Waals surface area contributed by atoms with Crippen molar-refractivity contribution in [2.45, 2.75) is 32.9 Å². The van der Waals surface area contributed by atoms with Crippen LogP contribution in [0.5, 0.6) is 0 Å². The lowest BCUT2D eigenvalue weighted by atomic mass is 10.1. The van der Waals surface area contributed by atoms with Gasteiger partial charge in [-0.3, -0.25) is 9.67 Å². The van der Waals surface area contributed by atoms with Gasteiger partial charge in [-0.25, -0.2) is 0 Å². The zero-order valence-corrected chi connectivity index (χ0v) is 13.1. The van der Waals surface area contributed by atoms with E-state index >= 15 is 0 Å². The summed E-state index contributed by atoms with van der Waals surface area (Å²) in [5.41, 5.74) is 3.34. The highest BCUT2D eigenvalue weighted by Gasteiger charge is 2.16. The van der Waals surface area contributed by atoms with E-state index in [-0.39, 0.29) is 6.04 Å². The SMILES string of the molecule is CCn1nc(C)cc1C(Cc1ccc(Br)cn1)NC. The molecule has 0 aliphatic carbocycles. The molecule has 102 valence electrons. The fourth-order valence-electron chi connectivity index (χ4n) is 2.19. The van der Waals surface area contributed by atoms with Crippen molar-refractivity contribution < 1.29 is 0 Å². The largest absolute Gasteiger partial charge is 0.311 e. The molecule has 0 spiro atoms. The maximum absolute atomic E-state index is 4.50. The molecule has 1 N–H and O–H groups in total. The zero-order valence-electron chi connectivity index (χ0n) is 11.5. The summed E-state index contributed by atoms with van der Waals surface area (Å²) in [4.78, 5) is 4.44. The zero-order chi connectivity index (χ0) is 13.8. The summed E-state index contributed by atoms with van der Waals surface area (Å²) in [5, 5.41) is 7.86. The summed E-state index contributed by atoms with van der Waals surface area (Å²) in [7, 11) is 1.98. The summed E-state index contributed by atoms with van der Waals surface area (Å²) in [6.45, 7) is 5.02. The molecule has 5 heteroatoms. The molecular formula is C14H19BrN4. The molecule has 19 heavy (non-hydrogen) atoms. The molecule has 0 aromatic carbocycles. The van der Waals surface area contributed by atoms with Gasteiger partial charge >= 0.3 is 0 Å². The monoisotopic (exact) mass is 322 g/mol. The van der Waals surface area contributed by atoms with Gasteiger partial charge in [-0.05, 0) is 55.0 Å². The molecule has 0 aliphatic heterocycles. The minimum Gasteiger partial charge on any atom is -0.311 e. The van der Waals surface area contributed by atoms with Crippen molar-refractivity contribution in [1.82, 2.24) is 20.1 Å². The number of pyridine rings is 1. The number of nitrogens with zero attached hydrogens (tertiary/aromatic N) is 3. The van der Waals surface area contributed by atoms with E-state index in [4.69, 9.17) is 0 Å². The minimum atomic E-state index is 0.231. The van der Waals surface area contributed by atoms with Gasteiger partial charge in [-0.1, -0.05) is 0 Å². The van der Waals surface area contributed by atoms with Crippen molar-refractivity contribution in [3.05, 3.63) is 46.0 Å². The van der Waals surface area contributed by atoms with Gasteiger partial charge in [0.05, 0.1) is 17.4 Å². The molecule has 0 saturated carbocycles. The Morgan fingerprint density at radius 3 is 2.79 bits per heavy atom. The third-order valence-electron chi connectivity index (χ3n) is 3.14. The van der Waals surface area contributed by atoms with Crippen molar-refractivity contribution in [2.24, 2.45) is 0 Å². The number of likely N-dealkylation sites (N-methyl/N-ethyl adjacent to an activating group) is 1. The lowest BCUT2D eigenvalue weighted by Gasteiger charge is -2.17. The van der Waals surface area contributed by atoms with E-state index < -0.39 is 0 Å². The second-order valence-corrected chi connectivity index (χ2v) is 5.46. The van der Waals surface area contributed by atoms with E-state index in [9.17, 15) is 0 Å². The lowest BCUT2D eigenvalue weighted by molar-refractivity contribution is 0.509. The average Bonchev–Trinajstić information content (AvgIpc) is 2.79. The topological polar surface area (TPSA) is 42.7 Å². The van der Waals surface area contributed by atoms with Gasteiger partial charge in [0.2, 0.25) is 0 Å². The van der Waals surface area contributed by atoms with Crippen LogP contribution in [-0.4, -0.2) is 21.8 Å². The fourth-order valence-corrected chi connectivity index (χ4v) is 2.42. The second-order valence-electron chi connectivity index (χ2n) is 4.54. The molecule has 2 aromatic heterocycles. The van der Waals surface area contributed by atoms with Crippen molar-refractivity contribution in [3.63, 3.8) is 0 Å². The summed E-state index contributed by atoms with van der Waals surface area (Å²) in [6.07, 6.45) is 2.69. The molecule has 0 amide bonds. The summed E-state index contributed by atoms with van der Waals surface area (Å²) in [5.74, 6) is 0. The predicted molar refractivity (Wildman–Crippen MR) is 80.1 cm³/mol. The molecule has 2 heterocycles. The molecule has 0 aliphatic rings. The van der Waals surface area contributed by atoms with Crippen LogP contribution in [0.25, 0.3) is 0 Å². The Balaban J connectivity index is 2.22. The van der Waals surface area contributed by atoms with Crippen molar-refractivity contribution in [2.75, 3.05) is 7.05 Å². The number of aryl methyl sites for hydroxylation is 2. The number of hydrogen-bond acceptors (Lipinski definition) is 3.